The predicted octanol–water partition coefficient (Wildman–Crippen LogP) is 6.13. The fraction of sp³-hybridized carbons (Fsp3) is 0.695. The number of carbonyl (C=O) groups excluding carboxylic acids is 1. The Balaban J connectivity index is 1.08. The summed E-state index contributed by atoms with van der Waals surface area (Å²) in [6.07, 6.45) is 0.836. The van der Waals surface area contributed by atoms with E-state index in [0.29, 0.717) is 32.4 Å². The first-order valence-electron chi connectivity index (χ1n) is 27.9. The zero-order valence-corrected chi connectivity index (χ0v) is 47.9. The molecule has 5 heterocycles. The molecule has 0 aliphatic carbocycles. The average Bonchev–Trinajstić information content (AvgIpc) is 3.89. The van der Waals surface area contributed by atoms with Crippen molar-refractivity contribution in [1.29, 1.82) is 0 Å². The van der Waals surface area contributed by atoms with E-state index >= 15 is 0 Å². The van der Waals surface area contributed by atoms with Crippen LogP contribution in [0.3, 0.4) is 0 Å². The molecule has 3 fully saturated rings. The van der Waals surface area contributed by atoms with E-state index < -0.39 is 89.9 Å². The summed E-state index contributed by atoms with van der Waals surface area (Å²) in [4.78, 5) is 23.2. The lowest BCUT2D eigenvalue weighted by atomic mass is 9.77. The summed E-state index contributed by atoms with van der Waals surface area (Å²) < 4.78 is 40.6. The standard InChI is InChI=1S/C59H90N6O12/c1-14-49-59(10,71)53(67)39(6)64(12)32-35(2)28-57(8,70)55(37(4)52(38(5)56(69)75-49)76-51-29-58(9,72-13)54(68)40(7)74-51)77-50-27-45(25-36(3)73-50)63(11)24-23-44-33-65(62-61-44)46(34-66)26-41-19-21-42(22-20-41)48-31-60-30-43-17-15-16-18-47(43)48/h15-22,30-31,33,35-40,45-46,49-55,66-68,70-71H,14,23-29,32,34H2,1-13H3/t35-,36-,37+,38-,39-,40+,45+,46+,49-,50+,51+,52+,53-,54+,55-,57-,58-,59-/m1/s1. The molecule has 3 saturated heterocycles. The van der Waals surface area contributed by atoms with Crippen molar-refractivity contribution in [2.45, 2.75) is 204 Å². The quantitative estimate of drug-likeness (QED) is 0.0846. The van der Waals surface area contributed by atoms with Crippen molar-refractivity contribution in [3.8, 4) is 11.1 Å². The second kappa shape index (κ2) is 25.6. The van der Waals surface area contributed by atoms with Gasteiger partial charge in [-0.15, -0.1) is 5.10 Å². The molecule has 18 atom stereocenters. The number of esters is 1. The summed E-state index contributed by atoms with van der Waals surface area (Å²) in [7, 11) is 5.47. The van der Waals surface area contributed by atoms with Crippen LogP contribution in [0.4, 0.5) is 0 Å². The lowest BCUT2D eigenvalue weighted by molar-refractivity contribution is -0.308. The van der Waals surface area contributed by atoms with Gasteiger partial charge in [-0.25, -0.2) is 4.68 Å². The first kappa shape index (κ1) is 60.6. The van der Waals surface area contributed by atoms with Crippen molar-refractivity contribution in [2.24, 2.45) is 17.8 Å². The van der Waals surface area contributed by atoms with Crippen LogP contribution >= 0.6 is 0 Å². The van der Waals surface area contributed by atoms with Crippen molar-refractivity contribution >= 4 is 16.7 Å². The van der Waals surface area contributed by atoms with E-state index in [4.69, 9.17) is 28.4 Å². The number of methoxy groups -OCH3 is 1. The number of rotatable bonds is 15. The number of ether oxygens (including phenoxy) is 6. The molecule has 2 aromatic heterocycles. The van der Waals surface area contributed by atoms with Gasteiger partial charge in [0.15, 0.2) is 12.6 Å². The van der Waals surface area contributed by atoms with Crippen LogP contribution < -0.4 is 0 Å². The van der Waals surface area contributed by atoms with Gasteiger partial charge in [-0.1, -0.05) is 74.5 Å². The van der Waals surface area contributed by atoms with Crippen molar-refractivity contribution < 1.29 is 58.7 Å². The molecule has 3 aliphatic rings. The number of nitrogens with zero attached hydrogens (tertiary/aromatic N) is 6. The molecule has 0 unspecified atom stereocenters. The minimum Gasteiger partial charge on any atom is -0.459 e. The van der Waals surface area contributed by atoms with Crippen molar-refractivity contribution in [1.82, 2.24) is 29.8 Å². The monoisotopic (exact) mass is 1070 g/mol. The molecule has 18 heteroatoms. The Bertz CT molecular complexity index is 2510. The Labute approximate surface area is 456 Å². The maximum absolute atomic E-state index is 14.5. The molecule has 0 saturated carbocycles. The average molecular weight is 1080 g/mol. The van der Waals surface area contributed by atoms with E-state index in [-0.39, 0.29) is 50.0 Å². The fourth-order valence-corrected chi connectivity index (χ4v) is 12.4. The summed E-state index contributed by atoms with van der Waals surface area (Å²) in [6, 6.07) is 15.8. The third kappa shape index (κ3) is 14.1. The number of likely N-dealkylation sites (N-methyl/N-ethyl adjacent to an activating group) is 2. The van der Waals surface area contributed by atoms with Gasteiger partial charge in [0, 0.05) is 87.0 Å². The zero-order valence-electron chi connectivity index (χ0n) is 47.9. The molecular formula is C59H90N6O12. The molecule has 0 radical (unpaired) electrons. The van der Waals surface area contributed by atoms with Crippen LogP contribution in [0.1, 0.15) is 119 Å². The molecule has 5 N–H and O–H groups in total. The van der Waals surface area contributed by atoms with E-state index in [1.807, 2.05) is 70.4 Å². The van der Waals surface area contributed by atoms with Gasteiger partial charge >= 0.3 is 5.97 Å². The number of aromatic nitrogens is 4. The molecule has 4 aromatic rings. The summed E-state index contributed by atoms with van der Waals surface area (Å²) in [6.45, 7) is 19.0. The second-order valence-electron chi connectivity index (χ2n) is 23.7. The zero-order chi connectivity index (χ0) is 56.1. The number of aliphatic hydroxyl groups excluding tert-OH is 3. The number of benzene rings is 2. The molecule has 428 valence electrons. The third-order valence-corrected chi connectivity index (χ3v) is 17.3. The van der Waals surface area contributed by atoms with Crippen LogP contribution in [0.5, 0.6) is 0 Å². The van der Waals surface area contributed by atoms with Gasteiger partial charge in [0.2, 0.25) is 0 Å². The molecule has 0 spiro atoms. The predicted molar refractivity (Wildman–Crippen MR) is 292 cm³/mol. The smallest absolute Gasteiger partial charge is 0.311 e. The number of fused-ring (bicyclic) bond motifs is 1. The highest BCUT2D eigenvalue weighted by atomic mass is 16.7. The van der Waals surface area contributed by atoms with E-state index in [9.17, 15) is 30.3 Å². The Kier molecular flexibility index (Phi) is 20.2. The number of pyridine rings is 1. The van der Waals surface area contributed by atoms with Crippen LogP contribution in [0.2, 0.25) is 0 Å². The first-order chi connectivity index (χ1) is 36.4. The topological polar surface area (TPSA) is 224 Å². The van der Waals surface area contributed by atoms with Crippen LogP contribution in [-0.2, 0) is 46.1 Å². The maximum atomic E-state index is 14.5. The minimum atomic E-state index is -1.81. The number of hydrogen-bond donors (Lipinski definition) is 5. The van der Waals surface area contributed by atoms with Gasteiger partial charge in [0.1, 0.15) is 23.9 Å². The van der Waals surface area contributed by atoms with Gasteiger partial charge in [-0.05, 0) is 111 Å². The SMILES string of the molecule is CC[C@H]1OC(=O)[C@H](C)[C@@H](O[C@H]2C[C@@](C)(OC)[C@@H](O)[C@H](C)O2)[C@H](C)[C@@H](O[C@H]2C[C@@H](N(C)CCc3cn([C@H](CO)Cc4ccc(-c5cncc6ccccc56)cc4)nn3)C[C@@H](C)O2)[C@](C)(O)C[C@@H](C)CN(C)[C@H](C)[C@@H](O)[C@]1(C)O. The van der Waals surface area contributed by atoms with E-state index in [1.54, 1.807) is 39.3 Å². The van der Waals surface area contributed by atoms with Crippen molar-refractivity contribution in [2.75, 3.05) is 40.9 Å². The normalized spacial score (nSPS) is 36.8. The third-order valence-electron chi connectivity index (χ3n) is 17.3. The van der Waals surface area contributed by atoms with Crippen LogP contribution in [0, 0.1) is 17.8 Å². The molecular weight excluding hydrogens is 985 g/mol. The van der Waals surface area contributed by atoms with Gasteiger partial charge in [-0.2, -0.15) is 0 Å². The molecule has 0 bridgehead atoms. The highest BCUT2D eigenvalue weighted by molar-refractivity contribution is 5.95. The lowest BCUT2D eigenvalue weighted by Crippen LogP contribution is -2.59. The van der Waals surface area contributed by atoms with E-state index in [2.05, 4.69) is 63.6 Å². The first-order valence-corrected chi connectivity index (χ1v) is 27.9. The number of hydrogen-bond acceptors (Lipinski definition) is 17. The molecule has 3 aliphatic heterocycles. The molecule has 0 amide bonds. The number of carbonyl (C=O) groups is 1. The molecule has 77 heavy (non-hydrogen) atoms. The number of aliphatic hydroxyl groups is 5. The van der Waals surface area contributed by atoms with E-state index in [0.717, 1.165) is 39.6 Å². The second-order valence-corrected chi connectivity index (χ2v) is 23.7. The maximum Gasteiger partial charge on any atom is 0.311 e. The van der Waals surface area contributed by atoms with Crippen molar-refractivity contribution in [3.05, 3.63) is 78.4 Å². The molecule has 7 rings (SSSR count). The summed E-state index contributed by atoms with van der Waals surface area (Å²) >= 11 is 0. The lowest BCUT2D eigenvalue weighted by Gasteiger charge is -2.48. The highest BCUT2D eigenvalue weighted by Crippen LogP contribution is 2.40. The number of cyclic esters (lactones) is 1. The summed E-state index contributed by atoms with van der Waals surface area (Å²) in [5, 5.41) is 69.4. The molecule has 2 aromatic carbocycles. The van der Waals surface area contributed by atoms with Crippen LogP contribution in [0.15, 0.2) is 67.1 Å². The Morgan fingerprint density at radius 1 is 0.909 bits per heavy atom. The molecule has 18 nitrogen and oxygen atoms in total. The van der Waals surface area contributed by atoms with Gasteiger partial charge in [0.25, 0.3) is 0 Å². The highest BCUT2D eigenvalue weighted by Gasteiger charge is 2.52. The van der Waals surface area contributed by atoms with Gasteiger partial charge < -0.3 is 63.8 Å². The van der Waals surface area contributed by atoms with E-state index in [1.165, 1.54) is 14.0 Å². The Morgan fingerprint density at radius 3 is 2.31 bits per heavy atom. The van der Waals surface area contributed by atoms with Gasteiger partial charge in [0.05, 0.1) is 59.9 Å². The van der Waals surface area contributed by atoms with Gasteiger partial charge in [-0.3, -0.25) is 9.78 Å². The summed E-state index contributed by atoms with van der Waals surface area (Å²) in [5.41, 5.74) is -0.360. The van der Waals surface area contributed by atoms with Crippen LogP contribution in [0.25, 0.3) is 21.9 Å². The van der Waals surface area contributed by atoms with Crippen molar-refractivity contribution in [3.63, 3.8) is 0 Å². The minimum absolute atomic E-state index is 0.0228. The summed E-state index contributed by atoms with van der Waals surface area (Å²) in [5.74, 6) is -2.51. The Hall–Kier alpha value is -4.02. The largest absolute Gasteiger partial charge is 0.459 e. The fourth-order valence-electron chi connectivity index (χ4n) is 12.4. The van der Waals surface area contributed by atoms with Crippen LogP contribution in [-0.4, -0.2) is 186 Å². The Morgan fingerprint density at radius 2 is 1.62 bits per heavy atom.